The zero-order valence-electron chi connectivity index (χ0n) is 32.9. The molecule has 2 heterocycles. The second-order valence-corrected chi connectivity index (χ2v) is 20.7. The Balaban J connectivity index is 1.01. The molecule has 11 aromatic rings. The van der Waals surface area contributed by atoms with Gasteiger partial charge in [0.1, 0.15) is 8.07 Å². The van der Waals surface area contributed by atoms with E-state index in [1.54, 1.807) is 0 Å². The van der Waals surface area contributed by atoms with Crippen molar-refractivity contribution >= 4 is 72.4 Å². The molecule has 10 aromatic carbocycles. The van der Waals surface area contributed by atoms with Crippen LogP contribution in [0.5, 0.6) is 0 Å². The van der Waals surface area contributed by atoms with Gasteiger partial charge in [-0.15, -0.1) is 0 Å². The van der Waals surface area contributed by atoms with Crippen molar-refractivity contribution in [1.29, 1.82) is 0 Å². The van der Waals surface area contributed by atoms with Crippen molar-refractivity contribution < 1.29 is 0 Å². The lowest BCUT2D eigenvalue weighted by molar-refractivity contribution is 1.21. The molecule has 0 aliphatic carbocycles. The van der Waals surface area contributed by atoms with Crippen molar-refractivity contribution in [1.82, 2.24) is 9.97 Å². The van der Waals surface area contributed by atoms with Gasteiger partial charge < -0.3 is 0 Å². The van der Waals surface area contributed by atoms with Crippen LogP contribution in [0.15, 0.2) is 194 Å². The molecule has 276 valence electrons. The fourth-order valence-corrected chi connectivity index (χ4v) is 13.3. The van der Waals surface area contributed by atoms with Gasteiger partial charge in [0, 0.05) is 22.0 Å². The van der Waals surface area contributed by atoms with E-state index in [0.717, 1.165) is 33.8 Å². The van der Waals surface area contributed by atoms with Crippen LogP contribution in [-0.4, -0.2) is 18.0 Å². The van der Waals surface area contributed by atoms with E-state index in [1.165, 1.54) is 86.6 Å². The Kier molecular flexibility index (Phi) is 7.41. The number of hydrogen-bond acceptors (Lipinski definition) is 2. The minimum atomic E-state index is -2.32. The van der Waals surface area contributed by atoms with Gasteiger partial charge in [0.05, 0.1) is 5.69 Å². The van der Waals surface area contributed by atoms with Crippen molar-refractivity contribution in [3.05, 3.63) is 194 Å². The Morgan fingerprint density at radius 3 is 1.34 bits per heavy atom. The first-order chi connectivity index (χ1) is 29.0. The molecule has 0 amide bonds. The van der Waals surface area contributed by atoms with E-state index in [4.69, 9.17) is 9.97 Å². The maximum atomic E-state index is 5.62. The van der Waals surface area contributed by atoms with E-state index < -0.39 is 8.07 Å². The minimum Gasteiger partial charge on any atom is -0.237 e. The Hall–Kier alpha value is -7.20. The van der Waals surface area contributed by atoms with Crippen LogP contribution in [-0.2, 0) is 0 Å². The molecule has 2 nitrogen and oxygen atoms in total. The van der Waals surface area contributed by atoms with Gasteiger partial charge in [0.2, 0.25) is 0 Å². The van der Waals surface area contributed by atoms with Crippen molar-refractivity contribution in [3.8, 4) is 56.0 Å². The normalized spacial score (nSPS) is 13.1. The third-order valence-electron chi connectivity index (χ3n) is 12.8. The smallest absolute Gasteiger partial charge is 0.159 e. The van der Waals surface area contributed by atoms with Crippen molar-refractivity contribution in [3.63, 3.8) is 0 Å². The molecule has 0 saturated carbocycles. The average molecular weight is 767 g/mol. The van der Waals surface area contributed by atoms with E-state index in [1.807, 2.05) is 0 Å². The SMILES string of the molecule is C[Si]1(C)c2nc(-c3cccc(-c4cccc(-c5ccc6c7ccccc7c7ccccc7c6c5)c4)c3)nc(-c3ccccc3)c2-c2c1c1ccccc1c1ccccc21. The Bertz CT molecular complexity index is 3500. The summed E-state index contributed by atoms with van der Waals surface area (Å²) in [5.41, 5.74) is 10.4. The molecule has 0 spiro atoms. The van der Waals surface area contributed by atoms with Crippen molar-refractivity contribution in [2.24, 2.45) is 0 Å². The van der Waals surface area contributed by atoms with Crippen LogP contribution in [0, 0.1) is 0 Å². The zero-order chi connectivity index (χ0) is 39.2. The zero-order valence-corrected chi connectivity index (χ0v) is 33.9. The van der Waals surface area contributed by atoms with Crippen LogP contribution >= 0.6 is 0 Å². The molecular weight excluding hydrogens is 729 g/mol. The predicted octanol–water partition coefficient (Wildman–Crippen LogP) is 13.7. The third-order valence-corrected chi connectivity index (χ3v) is 16.1. The molecular formula is C56H38N2Si. The van der Waals surface area contributed by atoms with Crippen LogP contribution in [0.4, 0.5) is 0 Å². The van der Waals surface area contributed by atoms with Gasteiger partial charge in [-0.25, -0.2) is 9.97 Å². The van der Waals surface area contributed by atoms with E-state index in [9.17, 15) is 0 Å². The monoisotopic (exact) mass is 766 g/mol. The molecule has 0 radical (unpaired) electrons. The summed E-state index contributed by atoms with van der Waals surface area (Å²) >= 11 is 0. The van der Waals surface area contributed by atoms with Gasteiger partial charge in [-0.2, -0.15) is 0 Å². The van der Waals surface area contributed by atoms with Crippen molar-refractivity contribution in [2.75, 3.05) is 0 Å². The van der Waals surface area contributed by atoms with Gasteiger partial charge in [0.25, 0.3) is 0 Å². The molecule has 0 atom stereocenters. The maximum absolute atomic E-state index is 5.62. The first-order valence-corrected chi connectivity index (χ1v) is 23.5. The maximum Gasteiger partial charge on any atom is 0.159 e. The lowest BCUT2D eigenvalue weighted by atomic mass is 9.91. The summed E-state index contributed by atoms with van der Waals surface area (Å²) in [7, 11) is -2.32. The number of fused-ring (bicyclic) bond motifs is 14. The van der Waals surface area contributed by atoms with Crippen molar-refractivity contribution in [2.45, 2.75) is 13.1 Å². The predicted molar refractivity (Wildman–Crippen MR) is 253 cm³/mol. The van der Waals surface area contributed by atoms with Gasteiger partial charge in [-0.1, -0.05) is 189 Å². The van der Waals surface area contributed by atoms with E-state index in [2.05, 4.69) is 207 Å². The average Bonchev–Trinajstić information content (AvgIpc) is 3.55. The van der Waals surface area contributed by atoms with Gasteiger partial charge >= 0.3 is 0 Å². The number of benzene rings is 10. The summed E-state index contributed by atoms with van der Waals surface area (Å²) in [4.78, 5) is 11.1. The Labute approximate surface area is 344 Å². The van der Waals surface area contributed by atoms with Gasteiger partial charge in [-0.3, -0.25) is 0 Å². The summed E-state index contributed by atoms with van der Waals surface area (Å²) in [6.07, 6.45) is 0. The molecule has 0 saturated heterocycles. The van der Waals surface area contributed by atoms with E-state index in [0.29, 0.717) is 0 Å². The molecule has 3 heteroatoms. The number of hydrogen-bond donors (Lipinski definition) is 0. The minimum absolute atomic E-state index is 0.774. The fraction of sp³-hybridized carbons (Fsp3) is 0.0357. The molecule has 1 aliphatic heterocycles. The molecule has 0 fully saturated rings. The number of nitrogens with zero attached hydrogens (tertiary/aromatic N) is 2. The Morgan fingerprint density at radius 2 is 0.729 bits per heavy atom. The molecule has 1 aliphatic rings. The van der Waals surface area contributed by atoms with E-state index >= 15 is 0 Å². The topological polar surface area (TPSA) is 25.8 Å². The van der Waals surface area contributed by atoms with Crippen LogP contribution in [0.25, 0.3) is 110 Å². The van der Waals surface area contributed by atoms with E-state index in [-0.39, 0.29) is 0 Å². The second kappa shape index (κ2) is 12.9. The molecule has 0 N–H and O–H groups in total. The number of aromatic nitrogens is 2. The van der Waals surface area contributed by atoms with Crippen LogP contribution < -0.4 is 10.5 Å². The lowest BCUT2D eigenvalue weighted by Crippen LogP contribution is -2.51. The molecule has 1 aromatic heterocycles. The first kappa shape index (κ1) is 33.9. The molecule has 12 rings (SSSR count). The third kappa shape index (κ3) is 5.11. The fourth-order valence-electron chi connectivity index (χ4n) is 10.1. The van der Waals surface area contributed by atoms with Crippen LogP contribution in [0.3, 0.4) is 0 Å². The van der Waals surface area contributed by atoms with Crippen LogP contribution in [0.1, 0.15) is 0 Å². The quantitative estimate of drug-likeness (QED) is 0.132. The lowest BCUT2D eigenvalue weighted by Gasteiger charge is -2.21. The summed E-state index contributed by atoms with van der Waals surface area (Å²) in [5.74, 6) is 0.774. The molecule has 59 heavy (non-hydrogen) atoms. The first-order valence-electron chi connectivity index (χ1n) is 20.5. The highest BCUT2D eigenvalue weighted by molar-refractivity contribution is 7.05. The Morgan fingerprint density at radius 1 is 0.305 bits per heavy atom. The summed E-state index contributed by atoms with van der Waals surface area (Å²) in [6.45, 7) is 4.95. The summed E-state index contributed by atoms with van der Waals surface area (Å²) in [5, 5.41) is 15.6. The summed E-state index contributed by atoms with van der Waals surface area (Å²) < 4.78 is 0. The van der Waals surface area contributed by atoms with Gasteiger partial charge in [-0.05, 0) is 105 Å². The second-order valence-electron chi connectivity index (χ2n) is 16.5. The van der Waals surface area contributed by atoms with Crippen LogP contribution in [0.2, 0.25) is 13.1 Å². The highest BCUT2D eigenvalue weighted by Gasteiger charge is 2.44. The highest BCUT2D eigenvalue weighted by Crippen LogP contribution is 2.44. The largest absolute Gasteiger partial charge is 0.237 e. The summed E-state index contributed by atoms with van der Waals surface area (Å²) in [6, 6.07) is 70.8. The van der Waals surface area contributed by atoms with Gasteiger partial charge in [0.15, 0.2) is 5.82 Å². The number of rotatable bonds is 4. The highest BCUT2D eigenvalue weighted by atomic mass is 28.3. The molecule has 0 bridgehead atoms. The molecule has 0 unspecified atom stereocenters. The standard InChI is InChI=1S/C56H38N2Si/c1-59(2)54-49-29-13-11-26-45(49)44-25-10-12-28-48(44)51(54)52-53(35-16-4-3-5-17-35)57-55(58-56(52)59)40-21-15-20-38(33-40)36-18-14-19-37(32-36)39-30-31-47-43-24-7-6-22-41(43)42-23-8-9-27-46(42)50(47)34-39/h3-34H,1-2H3.